The highest BCUT2D eigenvalue weighted by molar-refractivity contribution is 5.41. The third-order valence-corrected chi connectivity index (χ3v) is 2.10. The first-order chi connectivity index (χ1) is 7.25. The number of hydrogen-bond acceptors (Lipinski definition) is 1. The van der Waals surface area contributed by atoms with Gasteiger partial charge < -0.3 is 4.74 Å². The average molecular weight is 199 g/mol. The van der Waals surface area contributed by atoms with Crippen molar-refractivity contribution in [3.8, 4) is 17.2 Å². The van der Waals surface area contributed by atoms with Gasteiger partial charge in [-0.2, -0.15) is 0 Å². The van der Waals surface area contributed by atoms with E-state index in [1.165, 1.54) is 6.07 Å². The van der Waals surface area contributed by atoms with Crippen LogP contribution < -0.4 is 4.74 Å². The molecule has 2 aromatic rings. The topological polar surface area (TPSA) is 29.1 Å². The second-order valence-electron chi connectivity index (χ2n) is 3.36. The van der Waals surface area contributed by atoms with E-state index < -0.39 is 0 Å². The van der Waals surface area contributed by atoms with Crippen LogP contribution in [0.5, 0.6) is 17.2 Å². The van der Waals surface area contributed by atoms with Crippen LogP contribution in [0.3, 0.4) is 0 Å². The van der Waals surface area contributed by atoms with E-state index in [-0.39, 0.29) is 5.75 Å². The largest absolute Gasteiger partial charge is 0.453 e. The SMILES string of the molecule is Cc1ccc(Oc2ccccc2[O])cc1. The third kappa shape index (κ3) is 2.29. The van der Waals surface area contributed by atoms with Crippen LogP contribution in [0, 0.1) is 6.92 Å². The zero-order chi connectivity index (χ0) is 10.7. The number of benzene rings is 2. The first-order valence-electron chi connectivity index (χ1n) is 4.76. The Morgan fingerprint density at radius 3 is 2.27 bits per heavy atom. The molecule has 2 heteroatoms. The van der Waals surface area contributed by atoms with E-state index in [0.29, 0.717) is 11.5 Å². The molecule has 15 heavy (non-hydrogen) atoms. The molecule has 0 saturated carbocycles. The molecule has 0 aromatic heterocycles. The molecule has 0 fully saturated rings. The van der Waals surface area contributed by atoms with Crippen LogP contribution in [0.2, 0.25) is 0 Å². The molecular weight excluding hydrogens is 188 g/mol. The van der Waals surface area contributed by atoms with Crippen LogP contribution >= 0.6 is 0 Å². The Labute approximate surface area is 88.8 Å². The quantitative estimate of drug-likeness (QED) is 0.720. The van der Waals surface area contributed by atoms with Gasteiger partial charge in [-0.05, 0) is 31.2 Å². The van der Waals surface area contributed by atoms with E-state index in [4.69, 9.17) is 4.74 Å². The number of ether oxygens (including phenoxy) is 1. The Morgan fingerprint density at radius 1 is 0.933 bits per heavy atom. The smallest absolute Gasteiger partial charge is 0.221 e. The number of para-hydroxylation sites is 2. The van der Waals surface area contributed by atoms with Gasteiger partial charge in [-0.15, -0.1) is 0 Å². The van der Waals surface area contributed by atoms with Crippen LogP contribution in [0.1, 0.15) is 5.56 Å². The summed E-state index contributed by atoms with van der Waals surface area (Å²) in [4.78, 5) is 0. The Hall–Kier alpha value is -1.96. The van der Waals surface area contributed by atoms with E-state index >= 15 is 0 Å². The average Bonchev–Trinajstić information content (AvgIpc) is 2.25. The van der Waals surface area contributed by atoms with Gasteiger partial charge in [0.25, 0.3) is 0 Å². The minimum Gasteiger partial charge on any atom is -0.453 e. The number of rotatable bonds is 2. The fraction of sp³-hybridized carbons (Fsp3) is 0.0769. The van der Waals surface area contributed by atoms with Crippen LogP contribution in [-0.2, 0) is 5.11 Å². The van der Waals surface area contributed by atoms with Crippen molar-refractivity contribution in [3.63, 3.8) is 0 Å². The normalized spacial score (nSPS) is 9.93. The lowest BCUT2D eigenvalue weighted by atomic mass is 10.2. The Bertz CT molecular complexity index is 446. The maximum Gasteiger partial charge on any atom is 0.221 e. The predicted octanol–water partition coefficient (Wildman–Crippen LogP) is 3.93. The lowest BCUT2D eigenvalue weighted by molar-refractivity contribution is 0.329. The van der Waals surface area contributed by atoms with Crippen molar-refractivity contribution in [1.82, 2.24) is 0 Å². The summed E-state index contributed by atoms with van der Waals surface area (Å²) in [5.41, 5.74) is 1.16. The fourth-order valence-electron chi connectivity index (χ4n) is 1.27. The molecule has 0 saturated heterocycles. The molecule has 0 heterocycles. The summed E-state index contributed by atoms with van der Waals surface area (Å²) in [6.45, 7) is 2.01. The van der Waals surface area contributed by atoms with Crippen molar-refractivity contribution in [2.24, 2.45) is 0 Å². The zero-order valence-electron chi connectivity index (χ0n) is 8.44. The molecule has 0 spiro atoms. The monoisotopic (exact) mass is 199 g/mol. The van der Waals surface area contributed by atoms with Gasteiger partial charge in [-0.3, -0.25) is 5.11 Å². The lowest BCUT2D eigenvalue weighted by Gasteiger charge is -2.05. The van der Waals surface area contributed by atoms with Gasteiger partial charge >= 0.3 is 0 Å². The summed E-state index contributed by atoms with van der Waals surface area (Å²) in [5, 5.41) is 11.4. The highest BCUT2D eigenvalue weighted by atomic mass is 16.5. The van der Waals surface area contributed by atoms with Crippen LogP contribution in [0.4, 0.5) is 0 Å². The van der Waals surface area contributed by atoms with Gasteiger partial charge in [0.2, 0.25) is 5.75 Å². The van der Waals surface area contributed by atoms with Gasteiger partial charge in [0.15, 0.2) is 5.75 Å². The summed E-state index contributed by atoms with van der Waals surface area (Å²) in [7, 11) is 0. The highest BCUT2D eigenvalue weighted by Gasteiger charge is 2.03. The minimum atomic E-state index is -0.0990. The van der Waals surface area contributed by atoms with Gasteiger partial charge in [0, 0.05) is 0 Å². The van der Waals surface area contributed by atoms with Crippen molar-refractivity contribution in [2.45, 2.75) is 6.92 Å². The molecule has 0 N–H and O–H groups in total. The lowest BCUT2D eigenvalue weighted by Crippen LogP contribution is -1.83. The first kappa shape index (κ1) is 9.59. The van der Waals surface area contributed by atoms with E-state index in [0.717, 1.165) is 5.56 Å². The molecule has 0 aliphatic heterocycles. The molecule has 0 unspecified atom stereocenters. The first-order valence-corrected chi connectivity index (χ1v) is 4.76. The van der Waals surface area contributed by atoms with Crippen molar-refractivity contribution < 1.29 is 9.84 Å². The highest BCUT2D eigenvalue weighted by Crippen LogP contribution is 2.30. The van der Waals surface area contributed by atoms with E-state index in [2.05, 4.69) is 0 Å². The zero-order valence-corrected chi connectivity index (χ0v) is 8.44. The van der Waals surface area contributed by atoms with Crippen molar-refractivity contribution in [3.05, 3.63) is 54.1 Å². The summed E-state index contributed by atoms with van der Waals surface area (Å²) in [5.74, 6) is 0.948. The van der Waals surface area contributed by atoms with Crippen molar-refractivity contribution in [2.75, 3.05) is 0 Å². The van der Waals surface area contributed by atoms with Gasteiger partial charge in [0.1, 0.15) is 5.75 Å². The molecule has 0 aliphatic carbocycles. The molecular formula is C13H11O2. The number of aryl methyl sites for hydroxylation is 1. The Morgan fingerprint density at radius 2 is 1.60 bits per heavy atom. The van der Waals surface area contributed by atoms with E-state index in [1.54, 1.807) is 18.2 Å². The Kier molecular flexibility index (Phi) is 2.59. The van der Waals surface area contributed by atoms with Crippen LogP contribution in [0.25, 0.3) is 0 Å². The maximum absolute atomic E-state index is 11.4. The molecule has 1 radical (unpaired) electrons. The summed E-state index contributed by atoms with van der Waals surface area (Å²) < 4.78 is 5.45. The molecule has 2 nitrogen and oxygen atoms in total. The van der Waals surface area contributed by atoms with Crippen LogP contribution in [0.15, 0.2) is 48.5 Å². The summed E-state index contributed by atoms with van der Waals surface area (Å²) in [6, 6.07) is 14.2. The van der Waals surface area contributed by atoms with Gasteiger partial charge in [0.05, 0.1) is 0 Å². The predicted molar refractivity (Wildman–Crippen MR) is 57.8 cm³/mol. The van der Waals surface area contributed by atoms with Crippen molar-refractivity contribution >= 4 is 0 Å². The summed E-state index contributed by atoms with van der Waals surface area (Å²) >= 11 is 0. The number of hydrogen-bond donors (Lipinski definition) is 0. The second kappa shape index (κ2) is 4.05. The fourth-order valence-corrected chi connectivity index (χ4v) is 1.27. The maximum atomic E-state index is 11.4. The standard InChI is InChI=1S/C13H11O2/c1-10-6-8-11(9-7-10)15-13-5-3-2-4-12(13)14/h2-9H,1H3. The van der Waals surface area contributed by atoms with E-state index in [1.807, 2.05) is 31.2 Å². The van der Waals surface area contributed by atoms with Crippen molar-refractivity contribution in [1.29, 1.82) is 0 Å². The molecule has 2 aromatic carbocycles. The minimum absolute atomic E-state index is 0.0990. The third-order valence-electron chi connectivity index (χ3n) is 2.10. The molecule has 75 valence electrons. The van der Waals surface area contributed by atoms with Gasteiger partial charge in [-0.25, -0.2) is 0 Å². The summed E-state index contributed by atoms with van der Waals surface area (Å²) in [6.07, 6.45) is 0. The molecule has 0 amide bonds. The molecule has 0 atom stereocenters. The van der Waals surface area contributed by atoms with E-state index in [9.17, 15) is 5.11 Å². The Balaban J connectivity index is 2.22. The van der Waals surface area contributed by atoms with Crippen LogP contribution in [-0.4, -0.2) is 0 Å². The second-order valence-corrected chi connectivity index (χ2v) is 3.36. The molecule has 2 rings (SSSR count). The van der Waals surface area contributed by atoms with Gasteiger partial charge in [-0.1, -0.05) is 29.8 Å². The molecule has 0 bridgehead atoms. The molecule has 0 aliphatic rings.